The molecule has 0 aliphatic rings. The van der Waals surface area contributed by atoms with E-state index >= 15 is 0 Å². The van der Waals surface area contributed by atoms with E-state index in [0.717, 1.165) is 91.2 Å². The molecule has 16 aromatic rings. The van der Waals surface area contributed by atoms with Crippen LogP contribution in [0.15, 0.2) is 218 Å². The number of nitriles is 1. The molecule has 5 aromatic heterocycles. The van der Waals surface area contributed by atoms with Crippen LogP contribution in [-0.2, 0) is 0 Å². The summed E-state index contributed by atoms with van der Waals surface area (Å²) in [4.78, 5) is 4.70. The van der Waals surface area contributed by atoms with Crippen molar-refractivity contribution < 1.29 is 0 Å². The lowest BCUT2D eigenvalue weighted by molar-refractivity contribution is 1.14. The molecular weight excluding hydrogens is 969 g/mol. The van der Waals surface area contributed by atoms with Gasteiger partial charge in [-0.1, -0.05) is 200 Å². The number of thiophene rings is 3. The monoisotopic (exact) mass is 1000 g/mol. The molecular formula is C68H36N4S3. The molecule has 5 heterocycles. The Morgan fingerprint density at radius 2 is 0.800 bits per heavy atom. The highest BCUT2D eigenvalue weighted by molar-refractivity contribution is 7.28. The van der Waals surface area contributed by atoms with Crippen molar-refractivity contribution in [2.45, 2.75) is 0 Å². The lowest BCUT2D eigenvalue weighted by Crippen LogP contribution is -2.09. The maximum Gasteiger partial charge on any atom is 0.220 e. The molecule has 11 aromatic carbocycles. The Balaban J connectivity index is 1.19. The number of fused-ring (bicyclic) bond motifs is 18. The second-order valence-electron chi connectivity index (χ2n) is 19.2. The van der Waals surface area contributed by atoms with Crippen molar-refractivity contribution >= 4 is 144 Å². The predicted octanol–water partition coefficient (Wildman–Crippen LogP) is 20.4. The van der Waals surface area contributed by atoms with Crippen molar-refractivity contribution in [1.29, 1.82) is 5.26 Å². The molecule has 0 radical (unpaired) electrons. The summed E-state index contributed by atoms with van der Waals surface area (Å²) in [6.07, 6.45) is 0. The fourth-order valence-corrected chi connectivity index (χ4v) is 16.1. The topological polar surface area (TPSA) is 38.0 Å². The van der Waals surface area contributed by atoms with Crippen LogP contribution < -0.4 is 0 Å². The Morgan fingerprint density at radius 1 is 0.360 bits per heavy atom. The third-order valence-corrected chi connectivity index (χ3v) is 19.0. The Morgan fingerprint density at radius 3 is 1.39 bits per heavy atom. The second kappa shape index (κ2) is 16.1. The fraction of sp³-hybridized carbons (Fsp3) is 0. The number of hydrogen-bond acceptors (Lipinski definition) is 4. The number of nitrogens with zero attached hydrogens (tertiary/aromatic N) is 4. The van der Waals surface area contributed by atoms with E-state index in [1.54, 1.807) is 22.7 Å². The molecule has 346 valence electrons. The highest BCUT2D eigenvalue weighted by Gasteiger charge is 2.33. The van der Waals surface area contributed by atoms with E-state index < -0.39 is 0 Å². The van der Waals surface area contributed by atoms with E-state index in [0.29, 0.717) is 16.8 Å². The summed E-state index contributed by atoms with van der Waals surface area (Å²) in [5.74, 6) is 0. The number of aromatic nitrogens is 2. The standard InChI is InChI=1S/C68H36N4S3/c1-70-59-57(40-20-7-3-8-21-40)53(38-69)60(71-54-29-14-11-24-43(54)46-32-37-52-49-28-17-27-42(39-18-5-2-6-19-39)65(49)75-68(52)61(46)71)58(41-22-9-4-10-23-41)64(59)72-62-47(33-35-50-44-25-12-15-30-55(44)73-66(50)62)48-34-36-51-45-26-13-16-31-56(45)74-67(51)63(48)72/h2-37H. The van der Waals surface area contributed by atoms with Gasteiger partial charge in [-0.25, -0.2) is 4.85 Å². The number of rotatable bonds is 5. The zero-order valence-corrected chi connectivity index (χ0v) is 42.2. The van der Waals surface area contributed by atoms with Gasteiger partial charge in [-0.2, -0.15) is 5.26 Å². The molecule has 0 aliphatic carbocycles. The summed E-state index contributed by atoms with van der Waals surface area (Å²) < 4.78 is 11.9. The highest BCUT2D eigenvalue weighted by atomic mass is 32.1. The first kappa shape index (κ1) is 42.2. The van der Waals surface area contributed by atoms with Gasteiger partial charge in [0.05, 0.1) is 59.7 Å². The molecule has 7 heteroatoms. The van der Waals surface area contributed by atoms with Crippen LogP contribution >= 0.6 is 34.0 Å². The van der Waals surface area contributed by atoms with Gasteiger partial charge in [0.2, 0.25) is 5.69 Å². The molecule has 4 nitrogen and oxygen atoms in total. The van der Waals surface area contributed by atoms with Gasteiger partial charge in [0, 0.05) is 79.1 Å². The van der Waals surface area contributed by atoms with Crippen molar-refractivity contribution in [3.8, 4) is 50.8 Å². The number of benzene rings is 11. The molecule has 0 N–H and O–H groups in total. The van der Waals surface area contributed by atoms with E-state index in [-0.39, 0.29) is 0 Å². The molecule has 0 unspecified atom stereocenters. The highest BCUT2D eigenvalue weighted by Crippen LogP contribution is 2.56. The molecule has 75 heavy (non-hydrogen) atoms. The van der Waals surface area contributed by atoms with Crippen LogP contribution in [0, 0.1) is 17.9 Å². The fourth-order valence-electron chi connectivity index (χ4n) is 12.3. The molecule has 0 atom stereocenters. The Bertz CT molecular complexity index is 5070. The van der Waals surface area contributed by atoms with Crippen LogP contribution in [0.4, 0.5) is 5.69 Å². The van der Waals surface area contributed by atoms with Crippen LogP contribution in [0.1, 0.15) is 5.56 Å². The lowest BCUT2D eigenvalue weighted by atomic mass is 9.88. The molecule has 0 saturated heterocycles. The summed E-state index contributed by atoms with van der Waals surface area (Å²) in [6.45, 7) is 9.60. The quantitative estimate of drug-likeness (QED) is 0.158. The van der Waals surface area contributed by atoms with Crippen LogP contribution in [0.2, 0.25) is 0 Å². The van der Waals surface area contributed by atoms with Crippen LogP contribution in [0.3, 0.4) is 0 Å². The molecule has 16 rings (SSSR count). The maximum atomic E-state index is 12.2. The van der Waals surface area contributed by atoms with Gasteiger partial charge >= 0.3 is 0 Å². The smallest absolute Gasteiger partial charge is 0.220 e. The summed E-state index contributed by atoms with van der Waals surface area (Å²) >= 11 is 5.43. The molecule has 0 aliphatic heterocycles. The normalized spacial score (nSPS) is 12.0. The summed E-state index contributed by atoms with van der Waals surface area (Å²) in [5.41, 5.74) is 12.0. The first-order valence-corrected chi connectivity index (χ1v) is 27.4. The third-order valence-electron chi connectivity index (χ3n) is 15.4. The molecule has 0 bridgehead atoms. The largest absolute Gasteiger partial charge is 0.316 e. The molecule has 0 fully saturated rings. The molecule has 0 spiro atoms. The van der Waals surface area contributed by atoms with Gasteiger partial charge in [0.1, 0.15) is 6.07 Å². The van der Waals surface area contributed by atoms with Crippen LogP contribution in [0.25, 0.3) is 154 Å². The van der Waals surface area contributed by atoms with Gasteiger partial charge in [0.25, 0.3) is 0 Å². The van der Waals surface area contributed by atoms with Gasteiger partial charge in [-0.05, 0) is 40.5 Å². The molecule has 0 saturated carbocycles. The average molecular weight is 1010 g/mol. The zero-order chi connectivity index (χ0) is 49.5. The Labute approximate surface area is 441 Å². The van der Waals surface area contributed by atoms with Crippen molar-refractivity contribution in [2.75, 3.05) is 0 Å². The minimum absolute atomic E-state index is 0.427. The van der Waals surface area contributed by atoms with Crippen molar-refractivity contribution in [2.24, 2.45) is 0 Å². The Kier molecular flexibility index (Phi) is 9.05. The van der Waals surface area contributed by atoms with Gasteiger partial charge in [-0.15, -0.1) is 34.0 Å². The van der Waals surface area contributed by atoms with E-state index in [1.807, 2.05) is 29.5 Å². The zero-order valence-electron chi connectivity index (χ0n) is 39.8. The predicted molar refractivity (Wildman–Crippen MR) is 321 cm³/mol. The number of para-hydroxylation sites is 1. The van der Waals surface area contributed by atoms with Crippen molar-refractivity contribution in [1.82, 2.24) is 9.13 Å². The van der Waals surface area contributed by atoms with Gasteiger partial charge in [0.15, 0.2) is 0 Å². The third kappa shape index (κ3) is 5.83. The average Bonchev–Trinajstić information content (AvgIpc) is 4.37. The minimum Gasteiger partial charge on any atom is -0.316 e. The van der Waals surface area contributed by atoms with Gasteiger partial charge in [-0.3, -0.25) is 0 Å². The lowest BCUT2D eigenvalue weighted by Gasteiger charge is -2.26. The van der Waals surface area contributed by atoms with Crippen LogP contribution in [0.5, 0.6) is 0 Å². The van der Waals surface area contributed by atoms with E-state index in [9.17, 15) is 11.8 Å². The van der Waals surface area contributed by atoms with Crippen molar-refractivity contribution in [3.05, 3.63) is 235 Å². The van der Waals surface area contributed by atoms with E-state index in [4.69, 9.17) is 4.85 Å². The second-order valence-corrected chi connectivity index (χ2v) is 22.3. The summed E-state index contributed by atoms with van der Waals surface area (Å²) in [7, 11) is 0. The number of hydrogen-bond donors (Lipinski definition) is 0. The first-order valence-electron chi connectivity index (χ1n) is 24.9. The SMILES string of the molecule is [C-]#[N+]c1c(-c2ccccc2)c(C#N)c(-n2c3ccccc3c3ccc4c5cccc(-c6ccccc6)c5sc4c32)c(-c2ccccc2)c1-n1c2c(ccc3c4ccccc4sc32)c2ccc3c4ccccc4sc3c21. The Hall–Kier alpha value is -9.34. The van der Waals surface area contributed by atoms with E-state index in [1.165, 1.54) is 52.2 Å². The van der Waals surface area contributed by atoms with E-state index in [2.05, 4.69) is 215 Å². The van der Waals surface area contributed by atoms with Crippen LogP contribution in [-0.4, -0.2) is 9.13 Å². The maximum absolute atomic E-state index is 12.2. The molecule has 0 amide bonds. The summed E-state index contributed by atoms with van der Waals surface area (Å²) in [5, 5.41) is 23.7. The first-order chi connectivity index (χ1) is 37.2. The minimum atomic E-state index is 0.427. The van der Waals surface area contributed by atoms with Crippen molar-refractivity contribution in [3.63, 3.8) is 0 Å². The van der Waals surface area contributed by atoms with Gasteiger partial charge < -0.3 is 9.13 Å². The summed E-state index contributed by atoms with van der Waals surface area (Å²) in [6, 6.07) is 80.6.